The molecule has 2 rings (SSSR count). The van der Waals surface area contributed by atoms with E-state index in [4.69, 9.17) is 16.3 Å². The van der Waals surface area contributed by atoms with Crippen LogP contribution in [0.5, 0.6) is 0 Å². The number of halogens is 1. The van der Waals surface area contributed by atoms with Crippen molar-refractivity contribution in [1.82, 2.24) is 4.90 Å². The second-order valence-corrected chi connectivity index (χ2v) is 7.87. The molecule has 1 aliphatic rings. The number of carboxylic acids is 2. The van der Waals surface area contributed by atoms with Crippen LogP contribution in [0.4, 0.5) is 0 Å². The van der Waals surface area contributed by atoms with Crippen molar-refractivity contribution >= 4 is 23.5 Å². The summed E-state index contributed by atoms with van der Waals surface area (Å²) in [5.41, 5.74) is 1.08. The van der Waals surface area contributed by atoms with Crippen LogP contribution in [0.2, 0.25) is 5.02 Å². The maximum atomic E-state index is 12.3. The molecule has 0 amide bonds. The highest BCUT2D eigenvalue weighted by atomic mass is 35.5. The predicted molar refractivity (Wildman–Crippen MR) is 112 cm³/mol. The van der Waals surface area contributed by atoms with Gasteiger partial charge in [-0.15, -0.1) is 0 Å². The first-order valence-electron chi connectivity index (χ1n) is 9.43. The molecule has 0 fully saturated rings. The van der Waals surface area contributed by atoms with E-state index in [0.29, 0.717) is 17.9 Å². The van der Waals surface area contributed by atoms with Gasteiger partial charge in [-0.05, 0) is 31.4 Å². The quantitative estimate of drug-likeness (QED) is 0.669. The predicted octanol–water partition coefficient (Wildman–Crippen LogP) is 4.00. The molecule has 1 unspecified atom stereocenters. The van der Waals surface area contributed by atoms with E-state index >= 15 is 0 Å². The van der Waals surface area contributed by atoms with Crippen molar-refractivity contribution in [2.24, 2.45) is 5.92 Å². The van der Waals surface area contributed by atoms with Gasteiger partial charge in [0.05, 0.1) is 33.8 Å². The fourth-order valence-corrected chi connectivity index (χ4v) is 4.12. The third-order valence-electron chi connectivity index (χ3n) is 5.50. The van der Waals surface area contributed by atoms with Gasteiger partial charge in [-0.2, -0.15) is 5.26 Å². The Balaban J connectivity index is 2.79. The van der Waals surface area contributed by atoms with Gasteiger partial charge in [0.1, 0.15) is 6.07 Å². The number of ether oxygens (including phenoxy) is 1. The fourth-order valence-electron chi connectivity index (χ4n) is 3.84. The van der Waals surface area contributed by atoms with Crippen molar-refractivity contribution in [3.05, 3.63) is 56.9 Å². The van der Waals surface area contributed by atoms with E-state index in [-0.39, 0.29) is 39.3 Å². The number of rotatable bonds is 7. The molecule has 30 heavy (non-hydrogen) atoms. The molecule has 0 saturated heterocycles. The molecule has 8 heteroatoms. The molecule has 1 heterocycles. The Bertz CT molecular complexity index is 936. The Kier molecular flexibility index (Phi) is 7.30. The average molecular weight is 433 g/mol. The number of hydrogen-bond acceptors (Lipinski definition) is 5. The number of nitrogens with zero attached hydrogens (tertiary/aromatic N) is 2. The summed E-state index contributed by atoms with van der Waals surface area (Å²) in [6.45, 7) is 7.55. The molecule has 0 bridgehead atoms. The molecular formula is C22H25ClN2O5. The van der Waals surface area contributed by atoms with E-state index in [0.717, 1.165) is 0 Å². The molecule has 2 N–H and O–H groups in total. The molecule has 0 saturated carbocycles. The van der Waals surface area contributed by atoms with Gasteiger partial charge in [0.25, 0.3) is 0 Å². The Labute approximate surface area is 180 Å². The first-order chi connectivity index (χ1) is 14.1. The molecule has 0 aromatic heterocycles. The summed E-state index contributed by atoms with van der Waals surface area (Å²) in [4.78, 5) is 26.2. The van der Waals surface area contributed by atoms with E-state index in [1.165, 1.54) is 6.07 Å². The van der Waals surface area contributed by atoms with Crippen molar-refractivity contribution in [1.29, 1.82) is 5.26 Å². The average Bonchev–Trinajstić information content (AvgIpc) is 2.66. The van der Waals surface area contributed by atoms with Crippen LogP contribution in [0.15, 0.2) is 40.7 Å². The molecule has 1 aromatic carbocycles. The first-order valence-corrected chi connectivity index (χ1v) is 9.81. The van der Waals surface area contributed by atoms with Crippen LogP contribution in [-0.2, 0) is 14.3 Å². The van der Waals surface area contributed by atoms with Crippen molar-refractivity contribution in [2.75, 3.05) is 13.7 Å². The number of nitriles is 1. The number of carboxylic acid groups (broad SMARTS) is 2. The number of benzene rings is 1. The van der Waals surface area contributed by atoms with Gasteiger partial charge in [-0.1, -0.05) is 37.6 Å². The van der Waals surface area contributed by atoms with Gasteiger partial charge in [0.2, 0.25) is 0 Å². The molecule has 1 aliphatic heterocycles. The lowest BCUT2D eigenvalue weighted by molar-refractivity contribution is -0.133. The van der Waals surface area contributed by atoms with E-state index < -0.39 is 17.9 Å². The zero-order valence-electron chi connectivity index (χ0n) is 17.6. The molecule has 160 valence electrons. The van der Waals surface area contributed by atoms with Crippen LogP contribution >= 0.6 is 11.6 Å². The Morgan fingerprint density at radius 3 is 2.13 bits per heavy atom. The van der Waals surface area contributed by atoms with Crippen LogP contribution in [0, 0.1) is 17.2 Å². The Morgan fingerprint density at radius 2 is 1.73 bits per heavy atom. The van der Waals surface area contributed by atoms with Gasteiger partial charge in [0.15, 0.2) is 0 Å². The minimum atomic E-state index is -1.24. The molecule has 0 aliphatic carbocycles. The van der Waals surface area contributed by atoms with E-state index in [9.17, 15) is 25.1 Å². The lowest BCUT2D eigenvalue weighted by Crippen LogP contribution is -2.40. The third kappa shape index (κ3) is 4.20. The van der Waals surface area contributed by atoms with Crippen molar-refractivity contribution < 1.29 is 24.5 Å². The van der Waals surface area contributed by atoms with Crippen LogP contribution in [0.3, 0.4) is 0 Å². The maximum absolute atomic E-state index is 12.3. The summed E-state index contributed by atoms with van der Waals surface area (Å²) < 4.78 is 5.52. The van der Waals surface area contributed by atoms with Crippen LogP contribution in [0.25, 0.3) is 0 Å². The lowest BCUT2D eigenvalue weighted by Gasteiger charge is -2.39. The first kappa shape index (κ1) is 23.5. The van der Waals surface area contributed by atoms with Crippen LogP contribution in [0.1, 0.15) is 44.7 Å². The summed E-state index contributed by atoms with van der Waals surface area (Å²) in [5.74, 6) is -3.47. The molecule has 1 aromatic rings. The van der Waals surface area contributed by atoms with Crippen molar-refractivity contribution in [3.63, 3.8) is 0 Å². The number of methoxy groups -OCH3 is 1. The Morgan fingerprint density at radius 1 is 1.20 bits per heavy atom. The number of aliphatic carboxylic acids is 2. The van der Waals surface area contributed by atoms with Gasteiger partial charge >= 0.3 is 11.9 Å². The largest absolute Gasteiger partial charge is 0.478 e. The van der Waals surface area contributed by atoms with E-state index in [2.05, 4.69) is 0 Å². The smallest absolute Gasteiger partial charge is 0.334 e. The summed E-state index contributed by atoms with van der Waals surface area (Å²) in [6, 6.07) is 6.58. The zero-order valence-corrected chi connectivity index (χ0v) is 18.3. The number of allylic oxidation sites excluding steroid dienone is 2. The Hall–Kier alpha value is -2.82. The monoisotopic (exact) mass is 432 g/mol. The molecule has 0 spiro atoms. The molecular weight excluding hydrogens is 408 g/mol. The second-order valence-electron chi connectivity index (χ2n) is 7.49. The maximum Gasteiger partial charge on any atom is 0.334 e. The molecule has 0 radical (unpaired) electrons. The van der Waals surface area contributed by atoms with E-state index in [1.54, 1.807) is 38.0 Å². The fraction of sp³-hybridized carbons (Fsp3) is 0.409. The summed E-state index contributed by atoms with van der Waals surface area (Å²) in [5, 5.41) is 29.4. The number of hydrogen-bond donors (Lipinski definition) is 2. The summed E-state index contributed by atoms with van der Waals surface area (Å²) in [6.07, 6.45) is -0.234. The van der Waals surface area contributed by atoms with E-state index in [1.807, 2.05) is 19.9 Å². The minimum absolute atomic E-state index is 0.0495. The van der Waals surface area contributed by atoms with Gasteiger partial charge in [-0.25, -0.2) is 9.59 Å². The molecule has 1 atom stereocenters. The highest BCUT2D eigenvalue weighted by Gasteiger charge is 2.41. The summed E-state index contributed by atoms with van der Waals surface area (Å²) in [7, 11) is 1.57. The summed E-state index contributed by atoms with van der Waals surface area (Å²) >= 11 is 6.38. The van der Waals surface area contributed by atoms with Crippen molar-refractivity contribution in [3.8, 4) is 6.07 Å². The normalized spacial score (nSPS) is 16.1. The highest BCUT2D eigenvalue weighted by molar-refractivity contribution is 6.32. The minimum Gasteiger partial charge on any atom is -0.478 e. The molecule has 7 nitrogen and oxygen atoms in total. The highest BCUT2D eigenvalue weighted by Crippen LogP contribution is 2.44. The number of carbonyl (C=O) groups is 2. The standard InChI is InChI=1S/C22H25ClN2O5/c1-11(2)16(30-5)10-25-12(3)17(21(26)27)19(18(13(25)4)22(28)29)15-8-6-7-14(9-24)20(15)23/h6-8,11,16,19H,10H2,1-5H3,(H,26,27)(H,28,29). The van der Waals surface area contributed by atoms with Gasteiger partial charge < -0.3 is 19.8 Å². The second kappa shape index (κ2) is 9.33. The SMILES string of the molecule is COC(CN1C(C)=C(C(=O)O)C(c2cccc(C#N)c2Cl)C(C(=O)O)=C1C)C(C)C. The zero-order chi connectivity index (χ0) is 22.7. The topological polar surface area (TPSA) is 111 Å². The van der Waals surface area contributed by atoms with Gasteiger partial charge in [0, 0.05) is 25.0 Å². The lowest BCUT2D eigenvalue weighted by atomic mass is 9.79. The third-order valence-corrected chi connectivity index (χ3v) is 5.92. The van der Waals surface area contributed by atoms with Crippen molar-refractivity contribution in [2.45, 2.75) is 39.7 Å². The van der Waals surface area contributed by atoms with Crippen LogP contribution < -0.4 is 0 Å². The van der Waals surface area contributed by atoms with Crippen LogP contribution in [-0.4, -0.2) is 46.8 Å². The van der Waals surface area contributed by atoms with Gasteiger partial charge in [-0.3, -0.25) is 0 Å².